The van der Waals surface area contributed by atoms with E-state index in [0.29, 0.717) is 5.92 Å². The van der Waals surface area contributed by atoms with Gasteiger partial charge >= 0.3 is 0 Å². The first-order valence-electron chi connectivity index (χ1n) is 8.52. The second-order valence-corrected chi connectivity index (χ2v) is 6.13. The Bertz CT molecular complexity index is 796. The first-order chi connectivity index (χ1) is 11.8. The Morgan fingerprint density at radius 3 is 2.75 bits per heavy atom. The molecule has 3 heterocycles. The second kappa shape index (κ2) is 7.63. The zero-order chi connectivity index (χ0) is 16.9. The Kier molecular flexibility index (Phi) is 5.31. The van der Waals surface area contributed by atoms with Gasteiger partial charge in [-0.3, -0.25) is 4.98 Å². The molecule has 0 fully saturated rings. The lowest BCUT2D eigenvalue weighted by Crippen LogP contribution is -2.18. The molecule has 0 saturated heterocycles. The highest BCUT2D eigenvalue weighted by atomic mass is 35.5. The molecular formula is C20H22ClN3. The van der Waals surface area contributed by atoms with Crippen molar-refractivity contribution in [2.24, 2.45) is 0 Å². The lowest BCUT2D eigenvalue weighted by molar-refractivity contribution is 0.459. The van der Waals surface area contributed by atoms with Crippen LogP contribution in [0.3, 0.4) is 0 Å². The molecule has 1 aliphatic rings. The van der Waals surface area contributed by atoms with Gasteiger partial charge in [0.15, 0.2) is 0 Å². The molecule has 1 unspecified atom stereocenters. The number of aromatic nitrogens is 3. The summed E-state index contributed by atoms with van der Waals surface area (Å²) in [6.45, 7) is 4.99. The lowest BCUT2D eigenvalue weighted by atomic mass is 9.94. The smallest absolute Gasteiger partial charge is 0.110 e. The van der Waals surface area contributed by atoms with Crippen LogP contribution in [-0.2, 0) is 13.0 Å². The summed E-state index contributed by atoms with van der Waals surface area (Å²) in [6.07, 6.45) is 6.05. The van der Waals surface area contributed by atoms with Gasteiger partial charge in [0, 0.05) is 47.6 Å². The minimum atomic E-state index is 0.461. The molecule has 124 valence electrons. The van der Waals surface area contributed by atoms with Crippen LogP contribution in [-0.4, -0.2) is 14.5 Å². The van der Waals surface area contributed by atoms with Crippen molar-refractivity contribution in [2.45, 2.75) is 39.2 Å². The molecule has 0 N–H and O–H groups in total. The SMILES string of the molecule is CC.Clc1cccc(-c2cn3c(n2)CC(c2ccccn2)CC3)c1. The number of imidazole rings is 1. The van der Waals surface area contributed by atoms with Gasteiger partial charge in [-0.05, 0) is 30.7 Å². The highest BCUT2D eigenvalue weighted by molar-refractivity contribution is 6.30. The van der Waals surface area contributed by atoms with Crippen LogP contribution in [0.4, 0.5) is 0 Å². The fraction of sp³-hybridized carbons (Fsp3) is 0.300. The van der Waals surface area contributed by atoms with Crippen LogP contribution in [0.1, 0.15) is 37.7 Å². The largest absolute Gasteiger partial charge is 0.334 e. The van der Waals surface area contributed by atoms with E-state index in [9.17, 15) is 0 Å². The Labute approximate surface area is 148 Å². The van der Waals surface area contributed by atoms with E-state index in [-0.39, 0.29) is 0 Å². The normalized spacial score (nSPS) is 16.0. The second-order valence-electron chi connectivity index (χ2n) is 5.69. The minimum Gasteiger partial charge on any atom is -0.334 e. The van der Waals surface area contributed by atoms with E-state index in [4.69, 9.17) is 16.6 Å². The quantitative estimate of drug-likeness (QED) is 0.629. The van der Waals surface area contributed by atoms with E-state index >= 15 is 0 Å². The molecule has 3 nitrogen and oxygen atoms in total. The molecule has 4 rings (SSSR count). The van der Waals surface area contributed by atoms with Gasteiger partial charge < -0.3 is 4.57 Å². The molecule has 2 aromatic heterocycles. The van der Waals surface area contributed by atoms with Crippen molar-refractivity contribution in [2.75, 3.05) is 0 Å². The molecule has 0 radical (unpaired) electrons. The predicted octanol–water partition coefficient (Wildman–Crippen LogP) is 5.35. The number of aryl methyl sites for hydroxylation is 1. The molecule has 3 aromatic rings. The summed E-state index contributed by atoms with van der Waals surface area (Å²) in [6, 6.07) is 14.0. The molecule has 1 aromatic carbocycles. The zero-order valence-electron chi connectivity index (χ0n) is 14.1. The zero-order valence-corrected chi connectivity index (χ0v) is 14.9. The van der Waals surface area contributed by atoms with Gasteiger partial charge in [0.25, 0.3) is 0 Å². The van der Waals surface area contributed by atoms with Gasteiger partial charge in [-0.2, -0.15) is 0 Å². The standard InChI is InChI=1S/C18H16ClN3.C2H6/c19-15-5-3-4-13(10-15)17-12-22-9-7-14(11-18(22)21-17)16-6-1-2-8-20-16;1-2/h1-6,8,10,12,14H,7,9,11H2;1-2H3. The fourth-order valence-corrected chi connectivity index (χ4v) is 3.28. The van der Waals surface area contributed by atoms with Crippen molar-refractivity contribution in [3.63, 3.8) is 0 Å². The first-order valence-corrected chi connectivity index (χ1v) is 8.90. The molecular weight excluding hydrogens is 318 g/mol. The topological polar surface area (TPSA) is 30.7 Å². The number of nitrogens with zero attached hydrogens (tertiary/aromatic N) is 3. The van der Waals surface area contributed by atoms with Gasteiger partial charge in [0.1, 0.15) is 5.82 Å². The van der Waals surface area contributed by atoms with Crippen LogP contribution >= 0.6 is 11.6 Å². The summed E-state index contributed by atoms with van der Waals surface area (Å²) >= 11 is 6.08. The fourth-order valence-electron chi connectivity index (χ4n) is 3.08. The Morgan fingerprint density at radius 1 is 1.12 bits per heavy atom. The Balaban J connectivity index is 0.000000815. The number of fused-ring (bicyclic) bond motifs is 1. The molecule has 4 heteroatoms. The molecule has 0 aliphatic carbocycles. The molecule has 1 aliphatic heterocycles. The van der Waals surface area contributed by atoms with E-state index in [0.717, 1.165) is 41.5 Å². The maximum Gasteiger partial charge on any atom is 0.110 e. The Morgan fingerprint density at radius 2 is 2.00 bits per heavy atom. The number of hydrogen-bond acceptors (Lipinski definition) is 2. The molecule has 24 heavy (non-hydrogen) atoms. The van der Waals surface area contributed by atoms with Crippen LogP contribution in [0, 0.1) is 0 Å². The summed E-state index contributed by atoms with van der Waals surface area (Å²) in [5.74, 6) is 1.60. The molecule has 0 saturated carbocycles. The van der Waals surface area contributed by atoms with Crippen molar-refractivity contribution >= 4 is 11.6 Å². The Hall–Kier alpha value is -2.13. The van der Waals surface area contributed by atoms with Gasteiger partial charge in [-0.15, -0.1) is 0 Å². The van der Waals surface area contributed by atoms with Crippen LogP contribution in [0.25, 0.3) is 11.3 Å². The first kappa shape index (κ1) is 16.7. The van der Waals surface area contributed by atoms with Crippen LogP contribution in [0.2, 0.25) is 5.02 Å². The molecule has 1 atom stereocenters. The van der Waals surface area contributed by atoms with Crippen LogP contribution in [0.15, 0.2) is 54.9 Å². The van der Waals surface area contributed by atoms with E-state index in [1.54, 1.807) is 0 Å². The van der Waals surface area contributed by atoms with Crippen molar-refractivity contribution in [1.82, 2.24) is 14.5 Å². The monoisotopic (exact) mass is 339 g/mol. The van der Waals surface area contributed by atoms with Crippen molar-refractivity contribution in [3.8, 4) is 11.3 Å². The number of benzene rings is 1. The number of rotatable bonds is 2. The average molecular weight is 340 g/mol. The van der Waals surface area contributed by atoms with E-state index in [1.807, 2.05) is 44.3 Å². The molecule has 0 spiro atoms. The molecule has 0 amide bonds. The van der Waals surface area contributed by atoms with E-state index in [1.165, 1.54) is 5.69 Å². The summed E-state index contributed by atoms with van der Waals surface area (Å²) in [7, 11) is 0. The number of pyridine rings is 1. The number of halogens is 1. The number of hydrogen-bond donors (Lipinski definition) is 0. The highest BCUT2D eigenvalue weighted by Crippen LogP contribution is 2.30. The molecule has 0 bridgehead atoms. The third kappa shape index (κ3) is 3.51. The minimum absolute atomic E-state index is 0.461. The average Bonchev–Trinajstić information content (AvgIpc) is 3.07. The van der Waals surface area contributed by atoms with Crippen molar-refractivity contribution < 1.29 is 0 Å². The van der Waals surface area contributed by atoms with Crippen molar-refractivity contribution in [1.29, 1.82) is 0 Å². The van der Waals surface area contributed by atoms with E-state index in [2.05, 4.69) is 33.9 Å². The third-order valence-electron chi connectivity index (χ3n) is 4.23. The van der Waals surface area contributed by atoms with Gasteiger partial charge in [0.05, 0.1) is 5.69 Å². The van der Waals surface area contributed by atoms with E-state index < -0.39 is 0 Å². The van der Waals surface area contributed by atoms with Crippen LogP contribution in [0.5, 0.6) is 0 Å². The van der Waals surface area contributed by atoms with Gasteiger partial charge in [0.2, 0.25) is 0 Å². The maximum atomic E-state index is 6.08. The summed E-state index contributed by atoms with van der Waals surface area (Å²) in [5, 5.41) is 0.745. The van der Waals surface area contributed by atoms with Crippen LogP contribution < -0.4 is 0 Å². The lowest BCUT2D eigenvalue weighted by Gasteiger charge is -2.22. The highest BCUT2D eigenvalue weighted by Gasteiger charge is 2.23. The van der Waals surface area contributed by atoms with Crippen molar-refractivity contribution in [3.05, 3.63) is 71.4 Å². The van der Waals surface area contributed by atoms with Gasteiger partial charge in [-0.25, -0.2) is 4.98 Å². The summed E-state index contributed by atoms with van der Waals surface area (Å²) in [5.41, 5.74) is 3.24. The summed E-state index contributed by atoms with van der Waals surface area (Å²) in [4.78, 5) is 9.31. The third-order valence-corrected chi connectivity index (χ3v) is 4.47. The maximum absolute atomic E-state index is 6.08. The van der Waals surface area contributed by atoms with Gasteiger partial charge in [-0.1, -0.05) is 43.6 Å². The summed E-state index contributed by atoms with van der Waals surface area (Å²) < 4.78 is 2.26. The predicted molar refractivity (Wildman–Crippen MR) is 99.3 cm³/mol.